The minimum absolute atomic E-state index is 0.114. The molecule has 0 aromatic heterocycles. The average molecular weight is 511 g/mol. The molecule has 0 saturated carbocycles. The van der Waals surface area contributed by atoms with Crippen LogP contribution in [0.5, 0.6) is 17.2 Å². The summed E-state index contributed by atoms with van der Waals surface area (Å²) in [5.41, 5.74) is 4.49. The number of rotatable bonds is 9. The second kappa shape index (κ2) is 11.5. The van der Waals surface area contributed by atoms with Gasteiger partial charge in [0.2, 0.25) is 0 Å². The third-order valence-electron chi connectivity index (χ3n) is 4.12. The van der Waals surface area contributed by atoms with Crippen molar-refractivity contribution in [3.05, 3.63) is 52.0 Å². The fourth-order valence-electron chi connectivity index (χ4n) is 2.70. The van der Waals surface area contributed by atoms with Crippen LogP contribution in [0.15, 0.2) is 46.0 Å². The van der Waals surface area contributed by atoms with E-state index in [0.717, 1.165) is 10.0 Å². The van der Waals surface area contributed by atoms with E-state index in [9.17, 15) is 4.79 Å². The highest BCUT2D eigenvalue weighted by atomic mass is 79.9. The number of nitrogens with one attached hydrogen (secondary N) is 1. The normalized spacial score (nSPS) is 14.1. The molecule has 0 bridgehead atoms. The summed E-state index contributed by atoms with van der Waals surface area (Å²) in [4.78, 5) is 12.0. The molecule has 9 heteroatoms. The van der Waals surface area contributed by atoms with E-state index in [4.69, 9.17) is 14.2 Å². The van der Waals surface area contributed by atoms with Crippen LogP contribution in [0.4, 0.5) is 0 Å². The van der Waals surface area contributed by atoms with Crippen molar-refractivity contribution in [1.82, 2.24) is 5.43 Å². The maximum Gasteiger partial charge on any atom is 0.277 e. The topological polar surface area (TPSA) is 69.2 Å². The molecule has 2 aromatic carbocycles. The van der Waals surface area contributed by atoms with Crippen LogP contribution in [-0.2, 0) is 4.79 Å². The van der Waals surface area contributed by atoms with Gasteiger partial charge in [-0.1, -0.05) is 12.1 Å². The SMILES string of the molecule is CCOc1cc(Br)c(/C=N\NC(=O)COc2ccc(C3SCCS3)cc2)cc1OC. The van der Waals surface area contributed by atoms with E-state index < -0.39 is 0 Å². The Hall–Kier alpha value is -1.84. The van der Waals surface area contributed by atoms with E-state index >= 15 is 0 Å². The summed E-state index contributed by atoms with van der Waals surface area (Å²) in [6, 6.07) is 11.5. The predicted octanol–water partition coefficient (Wildman–Crippen LogP) is 4.86. The van der Waals surface area contributed by atoms with Gasteiger partial charge in [0, 0.05) is 21.5 Å². The van der Waals surface area contributed by atoms with Crippen LogP contribution in [-0.4, -0.2) is 44.0 Å². The first-order chi connectivity index (χ1) is 14.6. The first kappa shape index (κ1) is 22.8. The molecule has 0 radical (unpaired) electrons. The highest BCUT2D eigenvalue weighted by Gasteiger charge is 2.18. The zero-order valence-corrected chi connectivity index (χ0v) is 19.9. The molecule has 1 aliphatic rings. The standard InChI is InChI=1S/C21H23BrN2O4S2/c1-3-27-19-11-17(22)15(10-18(19)26-2)12-23-24-20(25)13-28-16-6-4-14(5-7-16)21-29-8-9-30-21/h4-7,10-12,21H,3,8-9,13H2,1-2H3,(H,24,25)/b23-12-. The van der Waals surface area contributed by atoms with Crippen LogP contribution in [0, 0.1) is 0 Å². The number of carbonyl (C=O) groups is 1. The van der Waals surface area contributed by atoms with E-state index in [1.165, 1.54) is 23.3 Å². The molecule has 6 nitrogen and oxygen atoms in total. The highest BCUT2D eigenvalue weighted by molar-refractivity contribution is 9.10. The van der Waals surface area contributed by atoms with Crippen molar-refractivity contribution in [3.8, 4) is 17.2 Å². The van der Waals surface area contributed by atoms with Gasteiger partial charge >= 0.3 is 0 Å². The summed E-state index contributed by atoms with van der Waals surface area (Å²) in [5.74, 6) is 3.92. The van der Waals surface area contributed by atoms with Crippen molar-refractivity contribution < 1.29 is 19.0 Å². The Morgan fingerprint density at radius 3 is 2.60 bits per heavy atom. The molecule has 160 valence electrons. The predicted molar refractivity (Wildman–Crippen MR) is 127 cm³/mol. The number of hydrogen-bond donors (Lipinski definition) is 1. The smallest absolute Gasteiger partial charge is 0.277 e. The van der Waals surface area contributed by atoms with Gasteiger partial charge in [-0.3, -0.25) is 4.79 Å². The molecule has 1 heterocycles. The van der Waals surface area contributed by atoms with Crippen molar-refractivity contribution in [1.29, 1.82) is 0 Å². The number of halogens is 1. The van der Waals surface area contributed by atoms with Crippen molar-refractivity contribution in [3.63, 3.8) is 0 Å². The van der Waals surface area contributed by atoms with Gasteiger partial charge in [0.15, 0.2) is 18.1 Å². The lowest BCUT2D eigenvalue weighted by molar-refractivity contribution is -0.123. The van der Waals surface area contributed by atoms with Gasteiger partial charge in [0.05, 0.1) is 24.5 Å². The van der Waals surface area contributed by atoms with Crippen molar-refractivity contribution in [2.75, 3.05) is 31.8 Å². The molecular weight excluding hydrogens is 488 g/mol. The van der Waals surface area contributed by atoms with E-state index in [1.807, 2.05) is 42.6 Å². The number of amides is 1. The summed E-state index contributed by atoms with van der Waals surface area (Å²) in [5, 5.41) is 4.00. The molecule has 1 fully saturated rings. The van der Waals surface area contributed by atoms with Crippen LogP contribution in [0.3, 0.4) is 0 Å². The third-order valence-corrected chi connectivity index (χ3v) is 7.91. The van der Waals surface area contributed by atoms with Crippen LogP contribution >= 0.6 is 39.5 Å². The number of hydrogen-bond acceptors (Lipinski definition) is 7. The van der Waals surface area contributed by atoms with E-state index in [1.54, 1.807) is 19.2 Å². The van der Waals surface area contributed by atoms with Crippen molar-refractivity contribution in [2.24, 2.45) is 5.10 Å². The van der Waals surface area contributed by atoms with E-state index in [2.05, 4.69) is 38.6 Å². The molecule has 1 aliphatic heterocycles. The first-order valence-electron chi connectivity index (χ1n) is 9.39. The molecule has 0 spiro atoms. The Kier molecular flexibility index (Phi) is 8.77. The highest BCUT2D eigenvalue weighted by Crippen LogP contribution is 2.45. The monoisotopic (exact) mass is 510 g/mol. The number of nitrogens with zero attached hydrogens (tertiary/aromatic N) is 1. The lowest BCUT2D eigenvalue weighted by Crippen LogP contribution is -2.24. The Bertz CT molecular complexity index is 887. The fourth-order valence-corrected chi connectivity index (χ4v) is 5.99. The zero-order chi connectivity index (χ0) is 21.3. The first-order valence-corrected chi connectivity index (χ1v) is 12.3. The van der Waals surface area contributed by atoms with Gasteiger partial charge in [-0.05, 0) is 52.7 Å². The summed E-state index contributed by atoms with van der Waals surface area (Å²) in [6.45, 7) is 2.33. The minimum atomic E-state index is -0.341. The molecule has 0 aliphatic carbocycles. The van der Waals surface area contributed by atoms with Crippen molar-refractivity contribution >= 4 is 51.6 Å². The van der Waals surface area contributed by atoms with Gasteiger partial charge in [-0.15, -0.1) is 23.5 Å². The molecule has 3 rings (SSSR count). The van der Waals surface area contributed by atoms with Crippen LogP contribution < -0.4 is 19.6 Å². The Labute approximate surface area is 193 Å². The van der Waals surface area contributed by atoms with Gasteiger partial charge in [-0.2, -0.15) is 5.10 Å². The largest absolute Gasteiger partial charge is 0.493 e. The third kappa shape index (κ3) is 6.33. The molecule has 1 N–H and O–H groups in total. The molecule has 1 saturated heterocycles. The quantitative estimate of drug-likeness (QED) is 0.383. The number of hydrazone groups is 1. The molecule has 2 aromatic rings. The lowest BCUT2D eigenvalue weighted by atomic mass is 10.2. The zero-order valence-electron chi connectivity index (χ0n) is 16.7. The average Bonchev–Trinajstić information content (AvgIpc) is 3.29. The Balaban J connectivity index is 1.50. The van der Waals surface area contributed by atoms with Crippen LogP contribution in [0.1, 0.15) is 22.6 Å². The summed E-state index contributed by atoms with van der Waals surface area (Å²) in [6.07, 6.45) is 1.53. The molecule has 0 atom stereocenters. The van der Waals surface area contributed by atoms with Gasteiger partial charge in [0.1, 0.15) is 5.75 Å². The number of carbonyl (C=O) groups excluding carboxylic acids is 1. The molecule has 1 amide bonds. The molecular formula is C21H23BrN2O4S2. The van der Waals surface area contributed by atoms with E-state index in [-0.39, 0.29) is 12.5 Å². The van der Waals surface area contributed by atoms with Gasteiger partial charge < -0.3 is 14.2 Å². The van der Waals surface area contributed by atoms with Crippen LogP contribution in [0.25, 0.3) is 0 Å². The van der Waals surface area contributed by atoms with Gasteiger partial charge in [-0.25, -0.2) is 5.43 Å². The number of thioether (sulfide) groups is 2. The van der Waals surface area contributed by atoms with Gasteiger partial charge in [0.25, 0.3) is 5.91 Å². The number of methoxy groups -OCH3 is 1. The van der Waals surface area contributed by atoms with E-state index in [0.29, 0.717) is 28.4 Å². The fraction of sp³-hybridized carbons (Fsp3) is 0.333. The Morgan fingerprint density at radius 1 is 1.20 bits per heavy atom. The molecule has 30 heavy (non-hydrogen) atoms. The number of benzene rings is 2. The summed E-state index contributed by atoms with van der Waals surface area (Å²) >= 11 is 7.39. The summed E-state index contributed by atoms with van der Waals surface area (Å²) < 4.78 is 17.7. The second-order valence-electron chi connectivity index (χ2n) is 6.18. The second-order valence-corrected chi connectivity index (χ2v) is 9.76. The lowest BCUT2D eigenvalue weighted by Gasteiger charge is -2.11. The summed E-state index contributed by atoms with van der Waals surface area (Å²) in [7, 11) is 1.57. The maximum absolute atomic E-state index is 12.0. The van der Waals surface area contributed by atoms with Crippen molar-refractivity contribution in [2.45, 2.75) is 11.5 Å². The maximum atomic E-state index is 12.0. The molecule has 0 unspecified atom stereocenters. The minimum Gasteiger partial charge on any atom is -0.493 e. The number of ether oxygens (including phenoxy) is 3. The Morgan fingerprint density at radius 2 is 1.93 bits per heavy atom. The van der Waals surface area contributed by atoms with Crippen LogP contribution in [0.2, 0.25) is 0 Å².